The van der Waals surface area contributed by atoms with Crippen molar-refractivity contribution in [1.29, 1.82) is 0 Å². The summed E-state index contributed by atoms with van der Waals surface area (Å²) in [5.41, 5.74) is 7.03. The Kier molecular flexibility index (Phi) is 6.69. The fourth-order valence-electron chi connectivity index (χ4n) is 5.41. The van der Waals surface area contributed by atoms with E-state index in [1.807, 2.05) is 28.4 Å². The summed E-state index contributed by atoms with van der Waals surface area (Å²) in [4.78, 5) is 28.0. The van der Waals surface area contributed by atoms with E-state index in [-0.39, 0.29) is 35.1 Å². The number of carbonyl (C=O) groups is 2. The molecule has 2 aliphatic heterocycles. The number of phenols is 2. The molecule has 1 aromatic carbocycles. The standard InChI is InChI=1S/C25H28N4O6S2/c1-12-18(21(25(34)35)29-20(12)19(13(2)30)22(29)33)17-10-28-11-27(9-14-6-15(31)8-16(32)7-14)23(24(28)37-17)36-5-3-4-26/h6-8,10-13,19-20,30H,3-5,9,26H2,1-2H3,(H2-,31,32,34,35)/p+1/t12-,13+,19+,20+/m0/s1. The van der Waals surface area contributed by atoms with Crippen molar-refractivity contribution in [2.24, 2.45) is 17.6 Å². The van der Waals surface area contributed by atoms with Gasteiger partial charge in [-0.1, -0.05) is 30.0 Å². The molecule has 0 bridgehead atoms. The topological polar surface area (TPSA) is 153 Å². The minimum absolute atomic E-state index is 0.00986. The molecular formula is C25H29N4O6S2+. The number of aliphatic hydroxyl groups is 1. The molecular weight excluding hydrogens is 516 g/mol. The number of aromatic nitrogens is 2. The molecule has 37 heavy (non-hydrogen) atoms. The third-order valence-electron chi connectivity index (χ3n) is 6.95. The number of phenolic OH excluding ortho intramolecular Hbond substituents is 2. The van der Waals surface area contributed by atoms with Gasteiger partial charge < -0.3 is 31.1 Å². The van der Waals surface area contributed by atoms with Crippen LogP contribution in [0.25, 0.3) is 10.4 Å². The van der Waals surface area contributed by atoms with Crippen molar-refractivity contribution >= 4 is 45.4 Å². The highest BCUT2D eigenvalue weighted by molar-refractivity contribution is 7.99. The van der Waals surface area contributed by atoms with Crippen molar-refractivity contribution in [2.45, 2.75) is 44.0 Å². The third kappa shape index (κ3) is 4.27. The van der Waals surface area contributed by atoms with Crippen LogP contribution in [0.3, 0.4) is 0 Å². The predicted molar refractivity (Wildman–Crippen MR) is 138 cm³/mol. The van der Waals surface area contributed by atoms with Gasteiger partial charge >= 0.3 is 5.97 Å². The molecule has 12 heteroatoms. The zero-order valence-corrected chi connectivity index (χ0v) is 22.0. The summed E-state index contributed by atoms with van der Waals surface area (Å²) in [6.07, 6.45) is 3.75. The van der Waals surface area contributed by atoms with Crippen LogP contribution in [0, 0.1) is 11.8 Å². The predicted octanol–water partition coefficient (Wildman–Crippen LogP) is 1.84. The maximum absolute atomic E-state index is 12.7. The number of hydrogen-bond donors (Lipinski definition) is 5. The molecule has 0 radical (unpaired) electrons. The van der Waals surface area contributed by atoms with Gasteiger partial charge in [-0.05, 0) is 32.0 Å². The van der Waals surface area contributed by atoms with Crippen molar-refractivity contribution in [1.82, 2.24) is 9.30 Å². The molecule has 1 amide bonds. The number of β-lactam (4-membered cyclic amide) rings is 1. The van der Waals surface area contributed by atoms with E-state index >= 15 is 0 Å². The molecule has 0 spiro atoms. The molecule has 2 aromatic heterocycles. The van der Waals surface area contributed by atoms with Crippen LogP contribution in [0.1, 0.15) is 30.7 Å². The van der Waals surface area contributed by atoms with Crippen molar-refractivity contribution < 1.29 is 34.6 Å². The smallest absolute Gasteiger partial charge is 0.352 e. The van der Waals surface area contributed by atoms with Gasteiger partial charge in [-0.25, -0.2) is 9.36 Å². The van der Waals surface area contributed by atoms with Gasteiger partial charge in [0.1, 0.15) is 29.9 Å². The van der Waals surface area contributed by atoms with Crippen LogP contribution in [0.5, 0.6) is 11.5 Å². The third-order valence-corrected chi connectivity index (χ3v) is 9.41. The minimum Gasteiger partial charge on any atom is -0.508 e. The number of hydrogen-bond acceptors (Lipinski definition) is 8. The Morgan fingerprint density at radius 1 is 1.27 bits per heavy atom. The molecule has 196 valence electrons. The number of nitrogens with zero attached hydrogens (tertiary/aromatic N) is 3. The lowest BCUT2D eigenvalue weighted by atomic mass is 9.77. The Labute approximate surface area is 221 Å². The van der Waals surface area contributed by atoms with E-state index in [0.717, 1.165) is 32.5 Å². The van der Waals surface area contributed by atoms with E-state index in [0.29, 0.717) is 18.7 Å². The van der Waals surface area contributed by atoms with Crippen LogP contribution in [-0.2, 0) is 16.1 Å². The quantitative estimate of drug-likeness (QED) is 0.118. The maximum Gasteiger partial charge on any atom is 0.352 e. The van der Waals surface area contributed by atoms with Gasteiger partial charge in [0.2, 0.25) is 15.8 Å². The maximum atomic E-state index is 12.7. The zero-order chi connectivity index (χ0) is 26.6. The van der Waals surface area contributed by atoms with Gasteiger partial charge in [0.25, 0.3) is 6.33 Å². The van der Waals surface area contributed by atoms with Crippen LogP contribution in [0.2, 0.25) is 0 Å². The summed E-state index contributed by atoms with van der Waals surface area (Å²) in [6, 6.07) is 4.10. The lowest BCUT2D eigenvalue weighted by molar-refractivity contribution is -0.721. The first-order valence-electron chi connectivity index (χ1n) is 12.0. The first-order valence-corrected chi connectivity index (χ1v) is 13.8. The molecule has 6 N–H and O–H groups in total. The molecule has 0 unspecified atom stereocenters. The molecule has 4 heterocycles. The van der Waals surface area contributed by atoms with E-state index in [4.69, 9.17) is 5.73 Å². The van der Waals surface area contributed by atoms with Crippen LogP contribution in [0.15, 0.2) is 41.4 Å². The van der Waals surface area contributed by atoms with Crippen molar-refractivity contribution in [2.75, 3.05) is 12.3 Å². The Bertz CT molecular complexity index is 1410. The first-order chi connectivity index (χ1) is 17.6. The lowest BCUT2D eigenvalue weighted by Gasteiger charge is -2.46. The monoisotopic (exact) mass is 545 g/mol. The van der Waals surface area contributed by atoms with Gasteiger partial charge in [-0.2, -0.15) is 4.40 Å². The highest BCUT2D eigenvalue weighted by Crippen LogP contribution is 2.51. The molecule has 0 saturated carbocycles. The molecule has 3 aromatic rings. The van der Waals surface area contributed by atoms with E-state index in [1.165, 1.54) is 22.3 Å². The number of aliphatic hydroxyl groups excluding tert-OH is 1. The molecule has 4 atom stereocenters. The average Bonchev–Trinajstić information content (AvgIpc) is 3.41. The number of benzene rings is 1. The fourth-order valence-corrected chi connectivity index (χ4v) is 7.89. The normalized spacial score (nSPS) is 22.0. The molecule has 1 saturated heterocycles. The average molecular weight is 546 g/mol. The number of fused-ring (bicyclic) bond motifs is 2. The molecule has 1 fully saturated rings. The summed E-state index contributed by atoms with van der Waals surface area (Å²) in [5.74, 6) is -1.62. The van der Waals surface area contributed by atoms with Crippen molar-refractivity contribution in [3.63, 3.8) is 0 Å². The molecule has 0 aliphatic carbocycles. The second-order valence-electron chi connectivity index (χ2n) is 9.53. The van der Waals surface area contributed by atoms with Crippen LogP contribution >= 0.6 is 23.1 Å². The van der Waals surface area contributed by atoms with Gasteiger partial charge in [0, 0.05) is 28.9 Å². The second-order valence-corrected chi connectivity index (χ2v) is 11.6. The summed E-state index contributed by atoms with van der Waals surface area (Å²) >= 11 is 3.09. The number of aromatic hydroxyl groups is 2. The SMILES string of the molecule is C[C@@H](O)[C@H]1C(=O)N2C(C(=O)O)=C(c3cn4c[n+](Cc5cc(O)cc(O)c5)c(SCCCN)c4s3)[C@H](C)[C@H]12. The number of carboxylic acids is 1. The number of aliphatic carboxylic acids is 1. The number of thioether (sulfide) groups is 1. The van der Waals surface area contributed by atoms with Crippen LogP contribution in [-0.4, -0.2) is 66.0 Å². The number of nitrogens with two attached hydrogens (primary N) is 1. The van der Waals surface area contributed by atoms with E-state index in [2.05, 4.69) is 0 Å². The molecule has 5 rings (SSSR count). The van der Waals surface area contributed by atoms with Crippen molar-refractivity contribution in [3.05, 3.63) is 46.9 Å². The highest BCUT2D eigenvalue weighted by atomic mass is 32.2. The van der Waals surface area contributed by atoms with Gasteiger partial charge in [0.15, 0.2) is 0 Å². The first kappa shape index (κ1) is 25.6. The van der Waals surface area contributed by atoms with Crippen LogP contribution in [0.4, 0.5) is 0 Å². The van der Waals surface area contributed by atoms with Gasteiger partial charge in [0.05, 0.1) is 22.9 Å². The number of thiazole rings is 1. The Morgan fingerprint density at radius 3 is 2.59 bits per heavy atom. The van der Waals surface area contributed by atoms with E-state index < -0.39 is 18.0 Å². The number of rotatable bonds is 9. The lowest BCUT2D eigenvalue weighted by Crippen LogP contribution is -2.63. The summed E-state index contributed by atoms with van der Waals surface area (Å²) in [5, 5.41) is 40.9. The highest BCUT2D eigenvalue weighted by Gasteiger charge is 2.60. The zero-order valence-electron chi connectivity index (χ0n) is 20.4. The van der Waals surface area contributed by atoms with Gasteiger partial charge in [-0.15, -0.1) is 0 Å². The Hall–Kier alpha value is -3.06. The number of carbonyl (C=O) groups excluding carboxylic acids is 1. The van der Waals surface area contributed by atoms with Gasteiger partial charge in [-0.3, -0.25) is 4.79 Å². The van der Waals surface area contributed by atoms with E-state index in [1.54, 1.807) is 30.8 Å². The Balaban J connectivity index is 1.56. The minimum atomic E-state index is -1.16. The summed E-state index contributed by atoms with van der Waals surface area (Å²) < 4.78 is 3.96. The summed E-state index contributed by atoms with van der Waals surface area (Å²) in [7, 11) is 0. The molecule has 10 nitrogen and oxygen atoms in total. The largest absolute Gasteiger partial charge is 0.508 e. The summed E-state index contributed by atoms with van der Waals surface area (Å²) in [6.45, 7) is 4.44. The van der Waals surface area contributed by atoms with E-state index in [9.17, 15) is 30.0 Å². The van der Waals surface area contributed by atoms with Crippen LogP contribution < -0.4 is 10.3 Å². The molecule has 2 aliphatic rings. The number of amides is 1. The number of carboxylic acid groups (broad SMARTS) is 1. The second kappa shape index (κ2) is 9.67. The Morgan fingerprint density at radius 2 is 1.97 bits per heavy atom. The van der Waals surface area contributed by atoms with Crippen molar-refractivity contribution in [3.8, 4) is 11.5 Å². The number of imidazole rings is 1. The fraction of sp³-hybridized carbons (Fsp3) is 0.400.